The summed E-state index contributed by atoms with van der Waals surface area (Å²) in [6.07, 6.45) is 0. The quantitative estimate of drug-likeness (QED) is 0.757. The third-order valence-corrected chi connectivity index (χ3v) is 1.47. The maximum Gasteiger partial charge on any atom is 0.446 e. The molecule has 1 amide bonds. The van der Waals surface area contributed by atoms with Gasteiger partial charge in [-0.1, -0.05) is 0 Å². The molecule has 1 aromatic carbocycles. The summed E-state index contributed by atoms with van der Waals surface area (Å²) in [6, 6.07) is -3.09. The van der Waals surface area contributed by atoms with Gasteiger partial charge < -0.3 is 9.50 Å². The van der Waals surface area contributed by atoms with Gasteiger partial charge in [0, 0.05) is 12.6 Å². The van der Waals surface area contributed by atoms with Crippen molar-refractivity contribution < 1.29 is 27.4 Å². The van der Waals surface area contributed by atoms with E-state index in [9.17, 15) is 13.2 Å². The molecule has 0 heterocycles. The molecule has 0 saturated heterocycles. The number of rotatable bonds is 3. The van der Waals surface area contributed by atoms with Crippen LogP contribution in [0.3, 0.4) is 0 Å². The van der Waals surface area contributed by atoms with Gasteiger partial charge in [0.15, 0.2) is 0 Å². The highest BCUT2D eigenvalue weighted by molar-refractivity contribution is 7.81. The van der Waals surface area contributed by atoms with Crippen molar-refractivity contribution in [1.82, 2.24) is 0 Å². The Morgan fingerprint density at radius 3 is 2.40 bits per heavy atom. The van der Waals surface area contributed by atoms with Crippen molar-refractivity contribution in [2.24, 2.45) is 0 Å². The van der Waals surface area contributed by atoms with Gasteiger partial charge in [0.05, 0.1) is 5.48 Å². The van der Waals surface area contributed by atoms with Crippen LogP contribution in [0.2, 0.25) is 0 Å². The van der Waals surface area contributed by atoms with E-state index >= 15 is 0 Å². The largest absolute Gasteiger partial charge is 0.446 e. The number of benzene rings is 1. The maximum absolute atomic E-state index is 10.9. The van der Waals surface area contributed by atoms with Gasteiger partial charge in [0.1, 0.15) is 5.75 Å². The van der Waals surface area contributed by atoms with Crippen LogP contribution in [0.1, 0.15) is 12.4 Å². The van der Waals surface area contributed by atoms with Crippen molar-refractivity contribution in [3.8, 4) is 5.75 Å². The van der Waals surface area contributed by atoms with E-state index in [1.54, 1.807) is 0 Å². The van der Waals surface area contributed by atoms with E-state index in [1.165, 1.54) is 0 Å². The number of carbonyl (C=O) groups excluding carboxylic acids is 1. The molecular weight excluding hydrogens is 222 g/mol. The zero-order valence-electron chi connectivity index (χ0n) is 11.5. The molecule has 0 saturated carbocycles. The van der Waals surface area contributed by atoms with E-state index in [2.05, 4.69) is 9.50 Å². The number of nitrogens with one attached hydrogen (secondary N) is 1. The van der Waals surface area contributed by atoms with Crippen LogP contribution in [0.5, 0.6) is 5.75 Å². The van der Waals surface area contributed by atoms with Crippen molar-refractivity contribution in [1.29, 1.82) is 0 Å². The van der Waals surface area contributed by atoms with Gasteiger partial charge in [-0.25, -0.2) is 0 Å². The van der Waals surface area contributed by atoms with Gasteiger partial charge in [-0.15, -0.1) is 0 Å². The first-order chi connectivity index (χ1) is 8.54. The first-order valence-electron chi connectivity index (χ1n) is 5.59. The minimum absolute atomic E-state index is 0.412. The molecule has 0 fully saturated rings. The highest BCUT2D eigenvalue weighted by Crippen LogP contribution is 2.16. The van der Waals surface area contributed by atoms with Gasteiger partial charge in [-0.2, -0.15) is 8.42 Å². The summed E-state index contributed by atoms with van der Waals surface area (Å²) in [6.45, 7) is 1.11. The Balaban J connectivity index is 3.51. The fraction of sp³-hybridized carbons (Fsp3) is 0.125. The molecule has 2 N–H and O–H groups in total. The summed E-state index contributed by atoms with van der Waals surface area (Å²) in [7, 11) is -4.99. The van der Waals surface area contributed by atoms with Crippen LogP contribution in [-0.2, 0) is 15.2 Å². The van der Waals surface area contributed by atoms with Crippen LogP contribution < -0.4 is 9.50 Å². The lowest BCUT2D eigenvalue weighted by atomic mass is 10.3. The molecular formula is C8H9NO5S. The summed E-state index contributed by atoms with van der Waals surface area (Å²) in [5.41, 5.74) is -0.412. The zero-order chi connectivity index (χ0) is 15.0. The Kier molecular flexibility index (Phi) is 1.94. The van der Waals surface area contributed by atoms with E-state index in [0.29, 0.717) is 0 Å². The molecule has 0 aliphatic heterocycles. The first kappa shape index (κ1) is 6.81. The van der Waals surface area contributed by atoms with E-state index in [-0.39, 0.29) is 0 Å². The second-order valence-corrected chi connectivity index (χ2v) is 3.42. The Hall–Kier alpha value is -1.60. The topological polar surface area (TPSA) is 92.7 Å². The average Bonchev–Trinajstić information content (AvgIpc) is 2.26. The first-order valence-corrected chi connectivity index (χ1v) is 4.96. The lowest BCUT2D eigenvalue weighted by Crippen LogP contribution is -2.07. The van der Waals surface area contributed by atoms with Crippen LogP contribution in [0.25, 0.3) is 0 Å². The number of carbonyl (C=O) groups is 1. The Labute approximate surface area is 92.4 Å². The molecule has 1 aromatic rings. The van der Waals surface area contributed by atoms with Gasteiger partial charge in [0.25, 0.3) is 0 Å². The van der Waals surface area contributed by atoms with Crippen molar-refractivity contribution in [3.63, 3.8) is 0 Å². The number of anilines is 1. The van der Waals surface area contributed by atoms with E-state index < -0.39 is 51.9 Å². The summed E-state index contributed by atoms with van der Waals surface area (Å²) < 4.78 is 63.6. The highest BCUT2D eigenvalue weighted by atomic mass is 32.3. The fourth-order valence-corrected chi connectivity index (χ4v) is 0.980. The predicted octanol–water partition coefficient (Wildman–Crippen LogP) is 0.827. The molecule has 7 heteroatoms. The van der Waals surface area contributed by atoms with Gasteiger partial charge in [-0.05, 0) is 24.2 Å². The van der Waals surface area contributed by atoms with Crippen molar-refractivity contribution >= 4 is 22.0 Å². The Bertz CT molecular complexity index is 616. The zero-order valence-corrected chi connectivity index (χ0v) is 8.30. The molecule has 0 unspecified atom stereocenters. The van der Waals surface area contributed by atoms with Crippen molar-refractivity contribution in [2.75, 3.05) is 5.32 Å². The molecule has 0 atom stereocenters. The molecule has 0 spiro atoms. The van der Waals surface area contributed by atoms with Crippen LogP contribution in [0.15, 0.2) is 24.2 Å². The SMILES string of the molecule is [2H]c1c([2H])c(OS(=O)(=O)O)c([2H])c([2H])c1NC(C)=O. The van der Waals surface area contributed by atoms with Crippen molar-refractivity contribution in [3.05, 3.63) is 24.2 Å². The number of hydrogen-bond acceptors (Lipinski definition) is 4. The molecule has 0 bridgehead atoms. The lowest BCUT2D eigenvalue weighted by Gasteiger charge is -2.03. The van der Waals surface area contributed by atoms with Gasteiger partial charge in [-0.3, -0.25) is 9.35 Å². The van der Waals surface area contributed by atoms with Gasteiger partial charge >= 0.3 is 10.4 Å². The fourth-order valence-electron chi connectivity index (χ4n) is 0.687. The molecule has 15 heavy (non-hydrogen) atoms. The Morgan fingerprint density at radius 1 is 1.47 bits per heavy atom. The van der Waals surface area contributed by atoms with Crippen molar-refractivity contribution in [2.45, 2.75) is 6.92 Å². The molecule has 82 valence electrons. The molecule has 0 aromatic heterocycles. The third-order valence-electron chi connectivity index (χ3n) is 1.09. The standard InChI is InChI=1S/C8H9NO5S/c1-6(10)9-7-2-4-8(5-3-7)14-15(11,12)13/h2-5H,1H3,(H,9,10)(H,11,12,13)/i2D,3D,4D,5D. The summed E-state index contributed by atoms with van der Waals surface area (Å²) in [4.78, 5) is 10.9. The van der Waals surface area contributed by atoms with E-state index in [1.807, 2.05) is 0 Å². The smallest absolute Gasteiger partial charge is 0.362 e. The van der Waals surface area contributed by atoms with Crippen LogP contribution >= 0.6 is 0 Å². The lowest BCUT2D eigenvalue weighted by molar-refractivity contribution is -0.114. The summed E-state index contributed by atoms with van der Waals surface area (Å²) in [5, 5.41) is 2.09. The van der Waals surface area contributed by atoms with E-state index in [4.69, 9.17) is 10.0 Å². The molecule has 0 radical (unpaired) electrons. The monoisotopic (exact) mass is 235 g/mol. The normalized spacial score (nSPS) is 14.5. The van der Waals surface area contributed by atoms with Crippen LogP contribution in [-0.4, -0.2) is 18.9 Å². The van der Waals surface area contributed by atoms with Crippen LogP contribution in [0, 0.1) is 0 Å². The Morgan fingerprint density at radius 2 is 2.00 bits per heavy atom. The maximum atomic E-state index is 10.9. The summed E-state index contributed by atoms with van der Waals surface area (Å²) in [5.74, 6) is -1.57. The minimum Gasteiger partial charge on any atom is -0.362 e. The van der Waals surface area contributed by atoms with E-state index in [0.717, 1.165) is 6.92 Å². The molecule has 6 nitrogen and oxygen atoms in total. The number of amides is 1. The minimum atomic E-state index is -4.99. The van der Waals surface area contributed by atoms with Gasteiger partial charge in [0.2, 0.25) is 5.91 Å². The highest BCUT2D eigenvalue weighted by Gasteiger charge is 2.06. The molecule has 0 aliphatic carbocycles. The molecule has 0 aliphatic rings. The average molecular weight is 235 g/mol. The van der Waals surface area contributed by atoms with Crippen LogP contribution in [0.4, 0.5) is 5.69 Å². The number of hydrogen-bond donors (Lipinski definition) is 2. The molecule has 1 rings (SSSR count). The third kappa shape index (κ3) is 4.43. The second kappa shape index (κ2) is 4.28. The predicted molar refractivity (Wildman–Crippen MR) is 52.9 cm³/mol. The summed E-state index contributed by atoms with van der Waals surface area (Å²) >= 11 is 0. The second-order valence-electron chi connectivity index (χ2n) is 2.40.